The Balaban J connectivity index is 1.49. The van der Waals surface area contributed by atoms with Crippen molar-refractivity contribution in [2.75, 3.05) is 0 Å². The zero-order valence-electron chi connectivity index (χ0n) is 11.0. The van der Waals surface area contributed by atoms with Crippen LogP contribution in [-0.4, -0.2) is 20.9 Å². The Bertz CT molecular complexity index is 605. The minimum absolute atomic E-state index is 0.0199. The molecule has 5 nitrogen and oxygen atoms in total. The summed E-state index contributed by atoms with van der Waals surface area (Å²) in [6.45, 7) is 0.475. The molecule has 2 aromatic rings. The molecule has 0 saturated heterocycles. The molecular formula is C14H16N4OS. The molecule has 2 aromatic heterocycles. The van der Waals surface area contributed by atoms with Gasteiger partial charge in [0.05, 0.1) is 17.5 Å². The smallest absolute Gasteiger partial charge is 0.224 e. The third-order valence-electron chi connectivity index (χ3n) is 4.78. The van der Waals surface area contributed by atoms with E-state index in [1.165, 1.54) is 0 Å². The average molecular weight is 288 g/mol. The van der Waals surface area contributed by atoms with Crippen LogP contribution in [0.1, 0.15) is 30.1 Å². The first kappa shape index (κ1) is 12.1. The molecule has 0 aliphatic heterocycles. The van der Waals surface area contributed by atoms with Crippen molar-refractivity contribution in [3.63, 3.8) is 0 Å². The molecule has 0 radical (unpaired) electrons. The van der Waals surface area contributed by atoms with Crippen LogP contribution in [0.3, 0.4) is 0 Å². The lowest BCUT2D eigenvalue weighted by molar-refractivity contribution is -0.133. The summed E-state index contributed by atoms with van der Waals surface area (Å²) in [5.41, 5.74) is 0.0199. The van der Waals surface area contributed by atoms with Gasteiger partial charge >= 0.3 is 0 Å². The summed E-state index contributed by atoms with van der Waals surface area (Å²) in [5.74, 6) is 1.60. The van der Waals surface area contributed by atoms with Gasteiger partial charge in [0.2, 0.25) is 5.91 Å². The molecule has 2 N–H and O–H groups in total. The van der Waals surface area contributed by atoms with Gasteiger partial charge in [-0.1, -0.05) is 0 Å². The highest BCUT2D eigenvalue weighted by molar-refractivity contribution is 7.09. The molecule has 3 atom stereocenters. The summed E-state index contributed by atoms with van der Waals surface area (Å²) in [5, 5.41) is 6.17. The van der Waals surface area contributed by atoms with E-state index in [2.05, 4.69) is 20.3 Å². The maximum absolute atomic E-state index is 12.5. The molecule has 20 heavy (non-hydrogen) atoms. The Kier molecular flexibility index (Phi) is 2.66. The SMILES string of the molecule is O=C(NCc1ncc[nH]1)C1C2CCC1(c1nccs1)C2. The highest BCUT2D eigenvalue weighted by Crippen LogP contribution is 2.64. The van der Waals surface area contributed by atoms with E-state index < -0.39 is 0 Å². The van der Waals surface area contributed by atoms with Crippen LogP contribution in [0.15, 0.2) is 24.0 Å². The van der Waals surface area contributed by atoms with E-state index in [9.17, 15) is 4.79 Å². The first-order valence-electron chi connectivity index (χ1n) is 6.95. The third-order valence-corrected chi connectivity index (χ3v) is 5.77. The highest BCUT2D eigenvalue weighted by atomic mass is 32.1. The Hall–Kier alpha value is -1.69. The van der Waals surface area contributed by atoms with Gasteiger partial charge < -0.3 is 10.3 Å². The molecule has 1 amide bonds. The van der Waals surface area contributed by atoms with Crippen molar-refractivity contribution >= 4 is 17.2 Å². The van der Waals surface area contributed by atoms with Crippen LogP contribution in [0.5, 0.6) is 0 Å². The summed E-state index contributed by atoms with van der Waals surface area (Å²) >= 11 is 1.68. The molecule has 0 spiro atoms. The molecule has 2 heterocycles. The lowest BCUT2D eigenvalue weighted by Crippen LogP contribution is -2.52. The number of imidazole rings is 1. The van der Waals surface area contributed by atoms with Gasteiger partial charge in [0.1, 0.15) is 5.82 Å². The number of rotatable bonds is 4. The maximum atomic E-state index is 12.5. The van der Waals surface area contributed by atoms with E-state index in [1.807, 2.05) is 11.6 Å². The fraction of sp³-hybridized carbons (Fsp3) is 0.500. The molecule has 3 aliphatic rings. The van der Waals surface area contributed by atoms with Crippen LogP contribution >= 0.6 is 11.3 Å². The second-order valence-corrected chi connectivity index (χ2v) is 6.62. The van der Waals surface area contributed by atoms with E-state index in [4.69, 9.17) is 0 Å². The lowest BCUT2D eigenvalue weighted by Gasteiger charge is -2.45. The number of nitrogens with zero attached hydrogens (tertiary/aromatic N) is 2. The zero-order valence-corrected chi connectivity index (χ0v) is 11.8. The van der Waals surface area contributed by atoms with Crippen molar-refractivity contribution < 1.29 is 4.79 Å². The Morgan fingerprint density at radius 3 is 3.15 bits per heavy atom. The van der Waals surface area contributed by atoms with E-state index in [0.29, 0.717) is 12.5 Å². The number of H-pyrrole nitrogens is 1. The van der Waals surface area contributed by atoms with Crippen molar-refractivity contribution in [2.24, 2.45) is 11.8 Å². The highest BCUT2D eigenvalue weighted by Gasteiger charge is 2.63. The third kappa shape index (κ3) is 1.64. The summed E-state index contributed by atoms with van der Waals surface area (Å²) < 4.78 is 0. The summed E-state index contributed by atoms with van der Waals surface area (Å²) in [4.78, 5) is 24.1. The monoisotopic (exact) mass is 288 g/mol. The van der Waals surface area contributed by atoms with Gasteiger partial charge in [0, 0.05) is 29.4 Å². The summed E-state index contributed by atoms with van der Waals surface area (Å²) in [6.07, 6.45) is 8.69. The molecule has 0 aromatic carbocycles. The van der Waals surface area contributed by atoms with Crippen LogP contribution in [0.25, 0.3) is 0 Å². The number of carbonyl (C=O) groups excluding carboxylic acids is 1. The van der Waals surface area contributed by atoms with Crippen LogP contribution < -0.4 is 5.32 Å². The molecule has 3 fully saturated rings. The van der Waals surface area contributed by atoms with Gasteiger partial charge in [0.15, 0.2) is 0 Å². The molecule has 5 rings (SSSR count). The van der Waals surface area contributed by atoms with Gasteiger partial charge in [-0.15, -0.1) is 11.3 Å². The lowest BCUT2D eigenvalue weighted by atomic mass is 9.60. The number of thiazole rings is 1. The van der Waals surface area contributed by atoms with Gasteiger partial charge in [-0.2, -0.15) is 0 Å². The number of amides is 1. The number of hydrogen-bond donors (Lipinski definition) is 2. The Morgan fingerprint density at radius 2 is 2.45 bits per heavy atom. The van der Waals surface area contributed by atoms with Gasteiger partial charge in [-0.3, -0.25) is 4.79 Å². The normalized spacial score (nSPS) is 31.0. The number of aromatic amines is 1. The zero-order chi connectivity index (χ0) is 13.6. The number of hydrogen-bond acceptors (Lipinski definition) is 4. The second-order valence-electron chi connectivity index (χ2n) is 5.73. The summed E-state index contributed by atoms with van der Waals surface area (Å²) in [6, 6.07) is 0. The quantitative estimate of drug-likeness (QED) is 0.902. The number of carbonyl (C=O) groups is 1. The van der Waals surface area contributed by atoms with E-state index in [-0.39, 0.29) is 17.2 Å². The standard InChI is InChI=1S/C14H16N4OS/c19-12(18-8-10-15-3-4-16-10)11-9-1-2-14(11,7-9)13-17-5-6-20-13/h3-6,9,11H,1-2,7-8H2,(H,15,16)(H,18,19). The number of fused-ring (bicyclic) bond motifs is 1. The van der Waals surface area contributed by atoms with E-state index >= 15 is 0 Å². The van der Waals surface area contributed by atoms with Crippen LogP contribution in [0.4, 0.5) is 0 Å². The first-order chi connectivity index (χ1) is 9.79. The topological polar surface area (TPSA) is 70.7 Å². The molecule has 6 heteroatoms. The molecule has 3 saturated carbocycles. The minimum Gasteiger partial charge on any atom is -0.349 e. The van der Waals surface area contributed by atoms with Crippen molar-refractivity contribution in [2.45, 2.75) is 31.2 Å². The van der Waals surface area contributed by atoms with Gasteiger partial charge in [-0.25, -0.2) is 9.97 Å². The molecule has 2 bridgehead atoms. The molecular weight excluding hydrogens is 272 g/mol. The molecule has 3 unspecified atom stereocenters. The van der Waals surface area contributed by atoms with Crippen molar-refractivity contribution in [1.82, 2.24) is 20.3 Å². The number of nitrogens with one attached hydrogen (secondary N) is 2. The van der Waals surface area contributed by atoms with Crippen molar-refractivity contribution in [3.8, 4) is 0 Å². The van der Waals surface area contributed by atoms with Crippen molar-refractivity contribution in [1.29, 1.82) is 0 Å². The predicted octanol–water partition coefficient (Wildman–Crippen LogP) is 1.85. The van der Waals surface area contributed by atoms with Gasteiger partial charge in [0.25, 0.3) is 0 Å². The van der Waals surface area contributed by atoms with Crippen LogP contribution in [-0.2, 0) is 16.8 Å². The van der Waals surface area contributed by atoms with Crippen molar-refractivity contribution in [3.05, 3.63) is 34.8 Å². The van der Waals surface area contributed by atoms with Crippen LogP contribution in [0, 0.1) is 11.8 Å². The number of aromatic nitrogens is 3. The minimum atomic E-state index is 0.0199. The van der Waals surface area contributed by atoms with Gasteiger partial charge in [-0.05, 0) is 25.2 Å². The van der Waals surface area contributed by atoms with Crippen LogP contribution in [0.2, 0.25) is 0 Å². The predicted molar refractivity (Wildman–Crippen MR) is 75.1 cm³/mol. The second kappa shape index (κ2) is 4.41. The molecule has 104 valence electrons. The van der Waals surface area contributed by atoms with E-state index in [1.54, 1.807) is 23.7 Å². The first-order valence-corrected chi connectivity index (χ1v) is 7.83. The molecule has 3 aliphatic carbocycles. The fourth-order valence-electron chi connectivity index (χ4n) is 3.91. The largest absolute Gasteiger partial charge is 0.349 e. The Morgan fingerprint density at radius 1 is 1.50 bits per heavy atom. The van der Waals surface area contributed by atoms with E-state index in [0.717, 1.165) is 30.1 Å². The average Bonchev–Trinajstić information content (AvgIpc) is 3.16. The fourth-order valence-corrected chi connectivity index (χ4v) is 4.83. The maximum Gasteiger partial charge on any atom is 0.224 e. The Labute approximate surface area is 120 Å². The summed E-state index contributed by atoms with van der Waals surface area (Å²) in [7, 11) is 0.